The van der Waals surface area contributed by atoms with Gasteiger partial charge < -0.3 is 10.5 Å². The van der Waals surface area contributed by atoms with Gasteiger partial charge in [-0.15, -0.1) is 0 Å². The van der Waals surface area contributed by atoms with Crippen molar-refractivity contribution < 1.29 is 9.53 Å². The van der Waals surface area contributed by atoms with E-state index < -0.39 is 0 Å². The van der Waals surface area contributed by atoms with Gasteiger partial charge in [0.2, 0.25) is 0 Å². The number of nitrogens with two attached hydrogens (primary N) is 1. The molecule has 0 aromatic heterocycles. The summed E-state index contributed by atoms with van der Waals surface area (Å²) in [6, 6.07) is 6.71. The van der Waals surface area contributed by atoms with E-state index in [-0.39, 0.29) is 5.97 Å². The number of hydrogen-bond donors (Lipinski definition) is 1. The third-order valence-electron chi connectivity index (χ3n) is 1.31. The monoisotopic (exact) mass is 277 g/mol. The Morgan fingerprint density at radius 2 is 2.33 bits per heavy atom. The van der Waals surface area contributed by atoms with Gasteiger partial charge in [-0.3, -0.25) is 0 Å². The molecule has 0 spiro atoms. The lowest BCUT2D eigenvalue weighted by molar-refractivity contribution is 0.0590. The summed E-state index contributed by atoms with van der Waals surface area (Å²) < 4.78 is 5.13. The van der Waals surface area contributed by atoms with Crippen molar-refractivity contribution in [2.75, 3.05) is 10.3 Å². The number of ether oxygens (including phenoxy) is 1. The number of nitrogen functional groups attached to an aromatic ring is 1. The molecule has 0 unspecified atom stereocenters. The Morgan fingerprint density at radius 3 is 2.92 bits per heavy atom. The van der Waals surface area contributed by atoms with Crippen molar-refractivity contribution in [1.29, 1.82) is 0 Å². The zero-order valence-electron chi connectivity index (χ0n) is 6.29. The summed E-state index contributed by atoms with van der Waals surface area (Å²) in [5.74, 6) is -0.336. The molecule has 0 aliphatic rings. The summed E-state index contributed by atoms with van der Waals surface area (Å²) >= 11 is 1.96. The summed E-state index contributed by atoms with van der Waals surface area (Å²) in [5, 5.41) is 0. The first-order chi connectivity index (χ1) is 5.74. The Kier molecular flexibility index (Phi) is 3.33. The number of halogens is 1. The summed E-state index contributed by atoms with van der Waals surface area (Å²) in [6.45, 7) is 0. The minimum Gasteiger partial charge on any atom is -0.451 e. The molecule has 1 aromatic rings. The van der Waals surface area contributed by atoms with Gasteiger partial charge >= 0.3 is 5.97 Å². The fourth-order valence-electron chi connectivity index (χ4n) is 0.799. The number of anilines is 1. The standard InChI is InChI=1S/C8H8INO2/c9-5-12-8(11)6-2-1-3-7(10)4-6/h1-4H,5,10H2. The van der Waals surface area contributed by atoms with Crippen LogP contribution in [0.1, 0.15) is 10.4 Å². The fraction of sp³-hybridized carbons (Fsp3) is 0.125. The van der Waals surface area contributed by atoms with Crippen molar-refractivity contribution in [3.05, 3.63) is 29.8 Å². The maximum Gasteiger partial charge on any atom is 0.338 e. The second-order valence-corrected chi connectivity index (χ2v) is 2.79. The van der Waals surface area contributed by atoms with Crippen molar-refractivity contribution in [2.45, 2.75) is 0 Å². The lowest BCUT2D eigenvalue weighted by atomic mass is 10.2. The fourth-order valence-corrected chi connectivity index (χ4v) is 1.08. The lowest BCUT2D eigenvalue weighted by Crippen LogP contribution is -2.03. The summed E-state index contributed by atoms with van der Waals surface area (Å²) in [5.41, 5.74) is 6.54. The van der Waals surface area contributed by atoms with Gasteiger partial charge in [0.15, 0.2) is 0 Å². The number of esters is 1. The highest BCUT2D eigenvalue weighted by molar-refractivity contribution is 14.1. The van der Waals surface area contributed by atoms with E-state index in [1.807, 2.05) is 22.6 Å². The van der Waals surface area contributed by atoms with Gasteiger partial charge in [-0.05, 0) is 40.8 Å². The normalized spacial score (nSPS) is 9.42. The average Bonchev–Trinajstić information content (AvgIpc) is 2.05. The van der Waals surface area contributed by atoms with E-state index in [0.717, 1.165) is 0 Å². The second-order valence-electron chi connectivity index (χ2n) is 2.17. The first kappa shape index (κ1) is 9.31. The lowest BCUT2D eigenvalue weighted by Gasteiger charge is -2.00. The quantitative estimate of drug-likeness (QED) is 0.388. The molecule has 4 heteroatoms. The molecule has 0 aliphatic carbocycles. The van der Waals surface area contributed by atoms with Gasteiger partial charge in [0.05, 0.1) is 5.56 Å². The zero-order valence-corrected chi connectivity index (χ0v) is 8.45. The van der Waals surface area contributed by atoms with Crippen molar-refractivity contribution in [3.8, 4) is 0 Å². The van der Waals surface area contributed by atoms with Crippen LogP contribution < -0.4 is 5.73 Å². The average molecular weight is 277 g/mol. The Labute approximate surface area is 84.0 Å². The molecule has 1 aromatic carbocycles. The van der Waals surface area contributed by atoms with Gasteiger partial charge in [0.1, 0.15) is 4.61 Å². The Balaban J connectivity index is 2.81. The molecule has 1 rings (SSSR count). The molecular formula is C8H8INO2. The van der Waals surface area contributed by atoms with E-state index in [4.69, 9.17) is 10.5 Å². The smallest absolute Gasteiger partial charge is 0.338 e. The molecule has 0 atom stereocenters. The first-order valence-electron chi connectivity index (χ1n) is 3.32. The van der Waals surface area contributed by atoms with E-state index in [1.54, 1.807) is 24.3 Å². The van der Waals surface area contributed by atoms with Gasteiger partial charge in [0.25, 0.3) is 0 Å². The minimum absolute atomic E-state index is 0.336. The highest BCUT2D eigenvalue weighted by Crippen LogP contribution is 2.08. The Hall–Kier alpha value is -0.780. The van der Waals surface area contributed by atoms with Crippen LogP contribution in [0.25, 0.3) is 0 Å². The molecule has 0 bridgehead atoms. The molecule has 0 radical (unpaired) electrons. The maximum absolute atomic E-state index is 11.1. The highest BCUT2D eigenvalue weighted by Gasteiger charge is 2.04. The van der Waals surface area contributed by atoms with E-state index in [1.165, 1.54) is 0 Å². The van der Waals surface area contributed by atoms with Crippen LogP contribution in [0.5, 0.6) is 0 Å². The molecule has 12 heavy (non-hydrogen) atoms. The van der Waals surface area contributed by atoms with Gasteiger partial charge in [0, 0.05) is 5.69 Å². The van der Waals surface area contributed by atoms with Crippen molar-refractivity contribution >= 4 is 34.2 Å². The largest absolute Gasteiger partial charge is 0.451 e. The van der Waals surface area contributed by atoms with Crippen LogP contribution in [0, 0.1) is 0 Å². The van der Waals surface area contributed by atoms with Gasteiger partial charge in [-0.2, -0.15) is 0 Å². The number of rotatable bonds is 2. The maximum atomic E-state index is 11.1. The highest BCUT2D eigenvalue weighted by atomic mass is 127. The molecule has 2 N–H and O–H groups in total. The van der Waals surface area contributed by atoms with Gasteiger partial charge in [-0.25, -0.2) is 4.79 Å². The van der Waals surface area contributed by atoms with Crippen LogP contribution in [-0.4, -0.2) is 10.6 Å². The van der Waals surface area contributed by atoms with Crippen molar-refractivity contribution in [3.63, 3.8) is 0 Å². The van der Waals surface area contributed by atoms with Crippen molar-refractivity contribution in [2.24, 2.45) is 0 Å². The van der Waals surface area contributed by atoms with Crippen LogP contribution in [-0.2, 0) is 4.74 Å². The number of carbonyl (C=O) groups excluding carboxylic acids is 1. The number of carbonyl (C=O) groups is 1. The molecule has 0 amide bonds. The summed E-state index contributed by atoms with van der Waals surface area (Å²) in [4.78, 5) is 11.1. The topological polar surface area (TPSA) is 52.3 Å². The van der Waals surface area contributed by atoms with E-state index in [0.29, 0.717) is 15.9 Å². The van der Waals surface area contributed by atoms with Crippen LogP contribution in [0.2, 0.25) is 0 Å². The molecule has 0 saturated heterocycles. The zero-order chi connectivity index (χ0) is 8.97. The molecule has 0 aliphatic heterocycles. The number of alkyl halides is 1. The number of benzene rings is 1. The minimum atomic E-state index is -0.336. The molecule has 3 nitrogen and oxygen atoms in total. The molecular weight excluding hydrogens is 269 g/mol. The van der Waals surface area contributed by atoms with Crippen LogP contribution >= 0.6 is 22.6 Å². The predicted molar refractivity (Wildman–Crippen MR) is 55.2 cm³/mol. The van der Waals surface area contributed by atoms with Crippen molar-refractivity contribution in [1.82, 2.24) is 0 Å². The summed E-state index contributed by atoms with van der Waals surface area (Å²) in [6.07, 6.45) is 0. The Bertz CT molecular complexity index is 288. The second kappa shape index (κ2) is 4.30. The SMILES string of the molecule is Nc1cccc(C(=O)OCI)c1. The van der Waals surface area contributed by atoms with E-state index >= 15 is 0 Å². The molecule has 0 saturated carbocycles. The van der Waals surface area contributed by atoms with Crippen LogP contribution in [0.3, 0.4) is 0 Å². The van der Waals surface area contributed by atoms with Crippen LogP contribution in [0.15, 0.2) is 24.3 Å². The van der Waals surface area contributed by atoms with E-state index in [2.05, 4.69) is 0 Å². The van der Waals surface area contributed by atoms with E-state index in [9.17, 15) is 4.79 Å². The third kappa shape index (κ3) is 2.37. The molecule has 0 fully saturated rings. The van der Waals surface area contributed by atoms with Crippen LogP contribution in [0.4, 0.5) is 5.69 Å². The third-order valence-corrected chi connectivity index (χ3v) is 1.62. The Morgan fingerprint density at radius 1 is 1.58 bits per heavy atom. The predicted octanol–water partition coefficient (Wildman–Crippen LogP) is 1.82. The number of hydrogen-bond acceptors (Lipinski definition) is 3. The molecule has 64 valence electrons. The van der Waals surface area contributed by atoms with Gasteiger partial charge in [-0.1, -0.05) is 6.07 Å². The summed E-state index contributed by atoms with van der Waals surface area (Å²) in [7, 11) is 0. The first-order valence-corrected chi connectivity index (χ1v) is 4.85. The molecule has 0 heterocycles.